The number of hydrogen-bond donors (Lipinski definition) is 4. The SMILES string of the molecule is NS(=O)(=O)OC[C@H]1C[C@@H](Nc2ncncc2C(=O)c2cc([C@@H](O)c3cccc(Br)c3)c(Cl)s2)C[C@@H]1O. The molecule has 0 spiro atoms. The zero-order valence-corrected chi connectivity index (χ0v) is 22.5. The number of carbonyl (C=O) groups is 1. The fourth-order valence-electron chi connectivity index (χ4n) is 4.06. The number of anilines is 1. The summed E-state index contributed by atoms with van der Waals surface area (Å²) >= 11 is 10.8. The zero-order chi connectivity index (χ0) is 26.0. The van der Waals surface area contributed by atoms with Gasteiger partial charge in [-0.05, 0) is 36.6 Å². The minimum Gasteiger partial charge on any atom is -0.393 e. The summed E-state index contributed by atoms with van der Waals surface area (Å²) in [5.74, 6) is -0.579. The Labute approximate surface area is 224 Å². The van der Waals surface area contributed by atoms with Crippen LogP contribution < -0.4 is 10.5 Å². The van der Waals surface area contributed by atoms with Crippen molar-refractivity contribution in [1.29, 1.82) is 0 Å². The van der Waals surface area contributed by atoms with Crippen molar-refractivity contribution in [3.63, 3.8) is 0 Å². The van der Waals surface area contributed by atoms with E-state index in [2.05, 4.69) is 35.4 Å². The van der Waals surface area contributed by atoms with E-state index in [0.29, 0.717) is 28.8 Å². The number of rotatable bonds is 9. The number of hydrogen-bond acceptors (Lipinski definition) is 10. The van der Waals surface area contributed by atoms with E-state index in [9.17, 15) is 23.4 Å². The molecule has 36 heavy (non-hydrogen) atoms. The third-order valence-electron chi connectivity index (χ3n) is 5.80. The Morgan fingerprint density at radius 3 is 2.86 bits per heavy atom. The zero-order valence-electron chi connectivity index (χ0n) is 18.5. The van der Waals surface area contributed by atoms with Crippen LogP contribution in [0.2, 0.25) is 4.34 Å². The van der Waals surface area contributed by atoms with Crippen molar-refractivity contribution in [3.05, 3.63) is 73.2 Å². The molecule has 0 saturated heterocycles. The lowest BCUT2D eigenvalue weighted by Crippen LogP contribution is -2.24. The van der Waals surface area contributed by atoms with Crippen LogP contribution in [-0.2, 0) is 14.5 Å². The van der Waals surface area contributed by atoms with Gasteiger partial charge in [-0.1, -0.05) is 39.7 Å². The van der Waals surface area contributed by atoms with Crippen LogP contribution in [0.15, 0.2) is 47.3 Å². The minimum absolute atomic E-state index is 0.192. The lowest BCUT2D eigenvalue weighted by Gasteiger charge is -2.15. The average molecular weight is 618 g/mol. The van der Waals surface area contributed by atoms with Crippen molar-refractivity contribution in [2.24, 2.45) is 11.1 Å². The number of nitrogens with zero attached hydrogens (tertiary/aromatic N) is 2. The van der Waals surface area contributed by atoms with Gasteiger partial charge < -0.3 is 15.5 Å². The van der Waals surface area contributed by atoms with E-state index >= 15 is 0 Å². The van der Waals surface area contributed by atoms with Gasteiger partial charge >= 0.3 is 10.3 Å². The first kappa shape index (κ1) is 27.1. The molecule has 0 unspecified atom stereocenters. The van der Waals surface area contributed by atoms with Crippen LogP contribution in [0.25, 0.3) is 0 Å². The van der Waals surface area contributed by atoms with Crippen LogP contribution in [0.1, 0.15) is 45.3 Å². The predicted octanol–water partition coefficient (Wildman–Crippen LogP) is 3.04. The highest BCUT2D eigenvalue weighted by Gasteiger charge is 2.35. The standard InChI is InChI=1S/C22H22BrClN4O6S2/c23-13-3-1-2-11(4-13)19(30)15-7-18(35-21(15)24)20(31)16-8-26-10-27-22(16)28-14-5-12(17(29)6-14)9-34-36(25,32)33/h1-4,7-8,10,12,14,17,19,29-30H,5-6,9H2,(H2,25,32,33)(H,26,27,28)/t12-,14-,17+,19+/m1/s1. The summed E-state index contributed by atoms with van der Waals surface area (Å²) in [6.45, 7) is -0.246. The van der Waals surface area contributed by atoms with Gasteiger partial charge in [0.25, 0.3) is 0 Å². The molecule has 1 saturated carbocycles. The number of carbonyl (C=O) groups excluding carboxylic acids is 1. The number of aliphatic hydroxyl groups excluding tert-OH is 2. The van der Waals surface area contributed by atoms with E-state index in [4.69, 9.17) is 16.7 Å². The van der Waals surface area contributed by atoms with Crippen LogP contribution in [-0.4, -0.2) is 53.1 Å². The topological polar surface area (TPSA) is 165 Å². The molecule has 1 aliphatic carbocycles. The summed E-state index contributed by atoms with van der Waals surface area (Å²) in [5, 5.41) is 29.1. The second kappa shape index (κ2) is 11.2. The Kier molecular flexibility index (Phi) is 8.42. The second-order valence-corrected chi connectivity index (χ2v) is 12.1. The van der Waals surface area contributed by atoms with Gasteiger partial charge in [0.1, 0.15) is 18.2 Å². The number of nitrogens with two attached hydrogens (primary N) is 1. The van der Waals surface area contributed by atoms with Gasteiger partial charge in [0.15, 0.2) is 0 Å². The van der Waals surface area contributed by atoms with Gasteiger partial charge in [0.2, 0.25) is 5.78 Å². The molecule has 1 aliphatic rings. The number of benzene rings is 1. The van der Waals surface area contributed by atoms with E-state index in [-0.39, 0.29) is 34.1 Å². The summed E-state index contributed by atoms with van der Waals surface area (Å²) in [6, 6.07) is 8.41. The summed E-state index contributed by atoms with van der Waals surface area (Å²) in [4.78, 5) is 21.8. The molecule has 0 amide bonds. The van der Waals surface area contributed by atoms with Crippen LogP contribution in [0, 0.1) is 5.92 Å². The summed E-state index contributed by atoms with van der Waals surface area (Å²) in [6.07, 6.45) is 1.50. The van der Waals surface area contributed by atoms with Gasteiger partial charge in [-0.15, -0.1) is 11.3 Å². The normalized spacial score (nSPS) is 20.9. The van der Waals surface area contributed by atoms with Gasteiger partial charge in [0, 0.05) is 28.2 Å². The molecule has 2 aromatic heterocycles. The fraction of sp³-hybridized carbons (Fsp3) is 0.318. The maximum Gasteiger partial charge on any atom is 0.333 e. The summed E-state index contributed by atoms with van der Waals surface area (Å²) in [5.41, 5.74) is 1.22. The molecule has 10 nitrogen and oxygen atoms in total. The fourth-order valence-corrected chi connectivity index (χ4v) is 6.11. The molecule has 0 radical (unpaired) electrons. The van der Waals surface area contributed by atoms with E-state index in [0.717, 1.165) is 15.8 Å². The van der Waals surface area contributed by atoms with Crippen molar-refractivity contribution >= 4 is 60.8 Å². The first-order valence-corrected chi connectivity index (χ1v) is 14.2. The predicted molar refractivity (Wildman–Crippen MR) is 138 cm³/mol. The molecule has 4 rings (SSSR count). The second-order valence-electron chi connectivity index (χ2n) is 8.33. The molecule has 1 fully saturated rings. The molecule has 3 aromatic rings. The van der Waals surface area contributed by atoms with Crippen LogP contribution in [0.5, 0.6) is 0 Å². The molecular weight excluding hydrogens is 596 g/mol. The third kappa shape index (κ3) is 6.47. The Bertz CT molecular complexity index is 1370. The Hall–Kier alpha value is -1.97. The van der Waals surface area contributed by atoms with E-state index in [1.165, 1.54) is 12.5 Å². The quantitative estimate of drug-likeness (QED) is 0.264. The number of nitrogens with one attached hydrogen (secondary N) is 1. The van der Waals surface area contributed by atoms with Crippen molar-refractivity contribution in [1.82, 2.24) is 9.97 Å². The molecular formula is C22H22BrClN4O6S2. The minimum atomic E-state index is -4.11. The molecule has 14 heteroatoms. The molecule has 0 aliphatic heterocycles. The highest BCUT2D eigenvalue weighted by molar-refractivity contribution is 9.10. The van der Waals surface area contributed by atoms with Crippen LogP contribution in [0.3, 0.4) is 0 Å². The molecule has 192 valence electrons. The number of ketones is 1. The molecule has 4 atom stereocenters. The first-order chi connectivity index (χ1) is 17.0. The largest absolute Gasteiger partial charge is 0.393 e. The number of aliphatic hydroxyl groups is 2. The Balaban J connectivity index is 1.51. The van der Waals surface area contributed by atoms with Gasteiger partial charge in [-0.2, -0.15) is 8.42 Å². The lowest BCUT2D eigenvalue weighted by atomic mass is 10.0. The van der Waals surface area contributed by atoms with Crippen LogP contribution >= 0.6 is 38.9 Å². The van der Waals surface area contributed by atoms with E-state index in [1.807, 2.05) is 6.07 Å². The molecule has 5 N–H and O–H groups in total. The maximum absolute atomic E-state index is 13.4. The van der Waals surface area contributed by atoms with Gasteiger partial charge in [-0.25, -0.2) is 15.1 Å². The van der Waals surface area contributed by atoms with E-state index in [1.54, 1.807) is 24.3 Å². The molecule has 1 aromatic carbocycles. The monoisotopic (exact) mass is 616 g/mol. The number of halogens is 2. The average Bonchev–Trinajstić information content (AvgIpc) is 3.38. The summed E-state index contributed by atoms with van der Waals surface area (Å²) < 4.78 is 27.8. The van der Waals surface area contributed by atoms with Crippen molar-refractivity contribution in [2.75, 3.05) is 11.9 Å². The van der Waals surface area contributed by atoms with Crippen molar-refractivity contribution in [3.8, 4) is 0 Å². The molecule has 2 heterocycles. The number of aromatic nitrogens is 2. The third-order valence-corrected chi connectivity index (χ3v) is 8.14. The Morgan fingerprint density at radius 2 is 2.14 bits per heavy atom. The van der Waals surface area contributed by atoms with Gasteiger partial charge in [0.05, 0.1) is 27.5 Å². The highest BCUT2D eigenvalue weighted by Crippen LogP contribution is 2.37. The van der Waals surface area contributed by atoms with Crippen molar-refractivity contribution in [2.45, 2.75) is 31.1 Å². The van der Waals surface area contributed by atoms with Crippen molar-refractivity contribution < 1.29 is 27.6 Å². The number of thiophene rings is 1. The Morgan fingerprint density at radius 1 is 1.36 bits per heavy atom. The van der Waals surface area contributed by atoms with Crippen LogP contribution in [0.4, 0.5) is 5.82 Å². The summed E-state index contributed by atoms with van der Waals surface area (Å²) in [7, 11) is -4.11. The highest BCUT2D eigenvalue weighted by atomic mass is 79.9. The maximum atomic E-state index is 13.4. The van der Waals surface area contributed by atoms with E-state index < -0.39 is 28.4 Å². The van der Waals surface area contributed by atoms with Gasteiger partial charge in [-0.3, -0.25) is 8.98 Å². The lowest BCUT2D eigenvalue weighted by molar-refractivity contribution is 0.101. The first-order valence-electron chi connectivity index (χ1n) is 10.7. The molecule has 0 bridgehead atoms. The smallest absolute Gasteiger partial charge is 0.333 e.